The molecule has 5 atom stereocenters. The van der Waals surface area contributed by atoms with Crippen LogP contribution in [0, 0.1) is 17.8 Å². The van der Waals surface area contributed by atoms with Crippen molar-refractivity contribution >= 4 is 11.9 Å². The summed E-state index contributed by atoms with van der Waals surface area (Å²) in [7, 11) is 1.66. The van der Waals surface area contributed by atoms with Crippen LogP contribution in [-0.2, 0) is 26.2 Å². The summed E-state index contributed by atoms with van der Waals surface area (Å²) in [5.74, 6) is 7.13. The zero-order valence-electron chi connectivity index (χ0n) is 25.0. The van der Waals surface area contributed by atoms with E-state index in [1.807, 2.05) is 47.4 Å². The molecule has 1 saturated carbocycles. The Kier molecular flexibility index (Phi) is 7.31. The highest BCUT2D eigenvalue weighted by Crippen LogP contribution is 2.67. The third-order valence-electron chi connectivity index (χ3n) is 9.71. The van der Waals surface area contributed by atoms with Gasteiger partial charge in [-0.2, -0.15) is 0 Å². The minimum atomic E-state index is -0.797. The van der Waals surface area contributed by atoms with Gasteiger partial charge in [-0.1, -0.05) is 50.1 Å². The zero-order valence-corrected chi connectivity index (χ0v) is 25.0. The summed E-state index contributed by atoms with van der Waals surface area (Å²) in [6, 6.07) is 13.4. The predicted octanol–water partition coefficient (Wildman–Crippen LogP) is 4.51. The van der Waals surface area contributed by atoms with E-state index in [2.05, 4.69) is 43.2 Å². The van der Waals surface area contributed by atoms with E-state index in [0.717, 1.165) is 36.3 Å². The Labute approximate surface area is 248 Å². The van der Waals surface area contributed by atoms with Crippen molar-refractivity contribution in [2.24, 2.45) is 5.92 Å². The first-order valence-electron chi connectivity index (χ1n) is 15.0. The number of piperidine rings is 1. The number of hydrogen-bond donors (Lipinski definition) is 0. The van der Waals surface area contributed by atoms with Crippen molar-refractivity contribution in [2.75, 3.05) is 26.7 Å². The number of amides is 1. The van der Waals surface area contributed by atoms with E-state index in [4.69, 9.17) is 14.2 Å². The average Bonchev–Trinajstić information content (AvgIpc) is 3.32. The van der Waals surface area contributed by atoms with Crippen LogP contribution in [0.1, 0.15) is 56.7 Å². The molecule has 1 spiro atoms. The molecule has 2 fully saturated rings. The average molecular weight is 569 g/mol. The highest BCUT2D eigenvalue weighted by atomic mass is 16.6. The Morgan fingerprint density at radius 2 is 2.00 bits per heavy atom. The molecule has 220 valence electrons. The third kappa shape index (κ3) is 4.22. The molecular weight excluding hydrogens is 528 g/mol. The molecular formula is C35H40N2O5. The second-order valence-corrected chi connectivity index (χ2v) is 12.5. The molecule has 2 aromatic carbocycles. The van der Waals surface area contributed by atoms with Gasteiger partial charge in [-0.05, 0) is 55.4 Å². The quantitative estimate of drug-likeness (QED) is 0.278. The van der Waals surface area contributed by atoms with Gasteiger partial charge in [-0.3, -0.25) is 14.5 Å². The van der Waals surface area contributed by atoms with Crippen LogP contribution in [-0.4, -0.2) is 72.2 Å². The lowest BCUT2D eigenvalue weighted by atomic mass is 9.48. The SMILES string of the molecule is C=CCN1CC[C@]23c4c5ccc(OC)c4O[C@H]2[C@H](N(CC(C)C)C(=O)C#Cc2ccccc2)CC[C@@]3(OC(C)=O)[C@H]1C5. The number of esters is 1. The van der Waals surface area contributed by atoms with Crippen LogP contribution in [0.2, 0.25) is 0 Å². The number of methoxy groups -OCH3 is 1. The molecule has 1 amide bonds. The lowest BCUT2D eigenvalue weighted by Gasteiger charge is -2.65. The summed E-state index contributed by atoms with van der Waals surface area (Å²) >= 11 is 0. The maximum absolute atomic E-state index is 13.9. The van der Waals surface area contributed by atoms with Gasteiger partial charge < -0.3 is 19.1 Å². The zero-order chi connectivity index (χ0) is 29.6. The summed E-state index contributed by atoms with van der Waals surface area (Å²) in [6.45, 7) is 11.8. The van der Waals surface area contributed by atoms with Gasteiger partial charge in [0.2, 0.25) is 0 Å². The number of hydrogen-bond acceptors (Lipinski definition) is 6. The first kappa shape index (κ1) is 28.4. The monoisotopic (exact) mass is 568 g/mol. The normalized spacial score (nSPS) is 28.5. The fourth-order valence-electron chi connectivity index (χ4n) is 8.37. The van der Waals surface area contributed by atoms with Gasteiger partial charge in [-0.15, -0.1) is 6.58 Å². The van der Waals surface area contributed by atoms with Crippen molar-refractivity contribution in [3.8, 4) is 23.3 Å². The van der Waals surface area contributed by atoms with Gasteiger partial charge in [0.05, 0.1) is 24.6 Å². The van der Waals surface area contributed by atoms with Crippen molar-refractivity contribution in [1.82, 2.24) is 9.80 Å². The fraction of sp³-hybridized carbons (Fsp3) is 0.486. The van der Waals surface area contributed by atoms with Crippen molar-refractivity contribution in [2.45, 2.75) is 75.7 Å². The molecule has 2 heterocycles. The predicted molar refractivity (Wildman–Crippen MR) is 160 cm³/mol. The molecule has 2 aliphatic heterocycles. The lowest BCUT2D eigenvalue weighted by Crippen LogP contribution is -2.79. The van der Waals surface area contributed by atoms with Gasteiger partial charge in [0.1, 0.15) is 11.7 Å². The Bertz CT molecular complexity index is 1460. The molecule has 7 heteroatoms. The Hall–Kier alpha value is -3.76. The molecule has 2 aliphatic carbocycles. The molecule has 4 aliphatic rings. The largest absolute Gasteiger partial charge is 0.493 e. The molecule has 0 radical (unpaired) electrons. The highest BCUT2D eigenvalue weighted by Gasteiger charge is 2.75. The van der Waals surface area contributed by atoms with E-state index in [9.17, 15) is 9.59 Å². The lowest BCUT2D eigenvalue weighted by molar-refractivity contribution is -0.223. The minimum Gasteiger partial charge on any atom is -0.493 e. The van der Waals surface area contributed by atoms with Crippen molar-refractivity contribution in [3.05, 3.63) is 71.8 Å². The summed E-state index contributed by atoms with van der Waals surface area (Å²) in [5.41, 5.74) is 1.67. The Morgan fingerprint density at radius 3 is 2.69 bits per heavy atom. The van der Waals surface area contributed by atoms with Crippen LogP contribution in [0.15, 0.2) is 55.1 Å². The Morgan fingerprint density at radius 1 is 1.21 bits per heavy atom. The number of likely N-dealkylation sites (tertiary alicyclic amines) is 1. The molecule has 2 aromatic rings. The second kappa shape index (κ2) is 10.8. The van der Waals surface area contributed by atoms with E-state index in [0.29, 0.717) is 31.7 Å². The van der Waals surface area contributed by atoms with E-state index >= 15 is 0 Å². The summed E-state index contributed by atoms with van der Waals surface area (Å²) < 4.78 is 19.4. The molecule has 0 N–H and O–H groups in total. The second-order valence-electron chi connectivity index (χ2n) is 12.5. The van der Waals surface area contributed by atoms with Crippen molar-refractivity contribution in [1.29, 1.82) is 0 Å². The van der Waals surface area contributed by atoms with Crippen LogP contribution in [0.4, 0.5) is 0 Å². The first-order valence-corrected chi connectivity index (χ1v) is 15.0. The topological polar surface area (TPSA) is 68.3 Å². The molecule has 0 aromatic heterocycles. The van der Waals surface area contributed by atoms with Crippen LogP contribution < -0.4 is 9.47 Å². The van der Waals surface area contributed by atoms with E-state index in [1.165, 1.54) is 12.5 Å². The minimum absolute atomic E-state index is 0.0285. The molecule has 2 bridgehead atoms. The summed E-state index contributed by atoms with van der Waals surface area (Å²) in [6.07, 6.45) is 4.25. The van der Waals surface area contributed by atoms with Crippen LogP contribution in [0.3, 0.4) is 0 Å². The smallest absolute Gasteiger partial charge is 0.303 e. The van der Waals surface area contributed by atoms with Crippen LogP contribution in [0.25, 0.3) is 0 Å². The number of benzene rings is 2. The third-order valence-corrected chi connectivity index (χ3v) is 9.71. The maximum atomic E-state index is 13.9. The molecule has 1 saturated heterocycles. The van der Waals surface area contributed by atoms with Crippen molar-refractivity contribution in [3.63, 3.8) is 0 Å². The number of carbonyl (C=O) groups excluding carboxylic acids is 2. The summed E-state index contributed by atoms with van der Waals surface area (Å²) in [5, 5.41) is 0. The van der Waals surface area contributed by atoms with Gasteiger partial charge in [0.25, 0.3) is 5.91 Å². The van der Waals surface area contributed by atoms with Gasteiger partial charge in [0, 0.05) is 43.6 Å². The number of ether oxygens (including phenoxy) is 3. The number of carbonyl (C=O) groups is 2. The highest BCUT2D eigenvalue weighted by molar-refractivity contribution is 5.94. The summed E-state index contributed by atoms with van der Waals surface area (Å²) in [4.78, 5) is 31.2. The van der Waals surface area contributed by atoms with E-state index in [-0.39, 0.29) is 29.9 Å². The first-order chi connectivity index (χ1) is 20.3. The van der Waals surface area contributed by atoms with Gasteiger partial charge >= 0.3 is 5.97 Å². The van der Waals surface area contributed by atoms with Crippen LogP contribution >= 0.6 is 0 Å². The van der Waals surface area contributed by atoms with Crippen LogP contribution in [0.5, 0.6) is 11.5 Å². The number of nitrogens with zero attached hydrogens (tertiary/aromatic N) is 2. The standard InChI is InChI=1S/C35H40N2O5/c1-6-19-36-20-18-34-31-26-13-14-28(40-5)32(31)41-33(34)27(16-17-35(34,29(36)21-26)42-24(4)38)37(22-23(2)3)30(39)15-12-25-10-8-7-9-11-25/h6-11,13-14,23,27,29,33H,1,16-22H2,2-5H3/t27-,29-,33+,34+,35-/m1/s1. The van der Waals surface area contributed by atoms with E-state index < -0.39 is 17.1 Å². The molecule has 0 unspecified atom stereocenters. The Balaban J connectivity index is 1.50. The maximum Gasteiger partial charge on any atom is 0.303 e. The van der Waals surface area contributed by atoms with Gasteiger partial charge in [-0.25, -0.2) is 0 Å². The van der Waals surface area contributed by atoms with Gasteiger partial charge in [0.15, 0.2) is 11.5 Å². The fourth-order valence-corrected chi connectivity index (χ4v) is 8.37. The molecule has 42 heavy (non-hydrogen) atoms. The molecule has 7 nitrogen and oxygen atoms in total. The molecule has 6 rings (SSSR count). The van der Waals surface area contributed by atoms with Crippen molar-refractivity contribution < 1.29 is 23.8 Å². The van der Waals surface area contributed by atoms with E-state index in [1.54, 1.807) is 7.11 Å². The number of rotatable bonds is 7.